The molecule has 23 heavy (non-hydrogen) atoms. The lowest BCUT2D eigenvalue weighted by Gasteiger charge is -2.13. The minimum absolute atomic E-state index is 0.132. The molecule has 124 valence electrons. The molecular weight excluding hydrogens is 350 g/mol. The van der Waals surface area contributed by atoms with Crippen molar-refractivity contribution in [3.05, 3.63) is 27.3 Å². The van der Waals surface area contributed by atoms with Gasteiger partial charge in [0.15, 0.2) is 0 Å². The van der Waals surface area contributed by atoms with Crippen LogP contribution in [-0.2, 0) is 14.3 Å². The van der Waals surface area contributed by atoms with Gasteiger partial charge in [0.2, 0.25) is 0 Å². The van der Waals surface area contributed by atoms with E-state index in [1.54, 1.807) is 11.3 Å². The van der Waals surface area contributed by atoms with Crippen LogP contribution in [0.3, 0.4) is 0 Å². The molecule has 0 unspecified atom stereocenters. The van der Waals surface area contributed by atoms with Crippen LogP contribution in [-0.4, -0.2) is 34.2 Å². The highest BCUT2D eigenvalue weighted by atomic mass is 32.2. The molecular formula is C16H19NO3S3. The number of carbonyl (C=O) groups is 2. The molecule has 1 aromatic heterocycles. The fraction of sp³-hybridized carbons (Fsp3) is 0.438. The topological polar surface area (TPSA) is 46.6 Å². The smallest absolute Gasteiger partial charge is 0.307 e. The van der Waals surface area contributed by atoms with Gasteiger partial charge < -0.3 is 4.74 Å². The van der Waals surface area contributed by atoms with Gasteiger partial charge in [-0.15, -0.1) is 11.3 Å². The lowest BCUT2D eigenvalue weighted by molar-refractivity contribution is -0.144. The van der Waals surface area contributed by atoms with Gasteiger partial charge in [0.1, 0.15) is 4.32 Å². The van der Waals surface area contributed by atoms with Crippen LogP contribution in [0.5, 0.6) is 0 Å². The van der Waals surface area contributed by atoms with Crippen LogP contribution >= 0.6 is 35.3 Å². The van der Waals surface area contributed by atoms with Crippen molar-refractivity contribution < 1.29 is 14.3 Å². The molecule has 2 heterocycles. The van der Waals surface area contributed by atoms with Gasteiger partial charge in [-0.25, -0.2) is 0 Å². The number of thioether (sulfide) groups is 1. The Morgan fingerprint density at radius 1 is 1.43 bits per heavy atom. The van der Waals surface area contributed by atoms with Crippen LogP contribution in [0.1, 0.15) is 37.5 Å². The summed E-state index contributed by atoms with van der Waals surface area (Å²) in [6, 6.07) is 3.89. The number of amides is 1. The van der Waals surface area contributed by atoms with E-state index in [0.29, 0.717) is 15.8 Å². The number of thiocarbonyl (C=S) groups is 1. The summed E-state index contributed by atoms with van der Waals surface area (Å²) in [5.74, 6) is -0.412. The minimum Gasteiger partial charge on any atom is -0.466 e. The normalized spacial score (nSPS) is 16.4. The quantitative estimate of drug-likeness (QED) is 0.299. The van der Waals surface area contributed by atoms with Crippen LogP contribution in [0.2, 0.25) is 0 Å². The Bertz CT molecular complexity index is 596. The fourth-order valence-corrected chi connectivity index (χ4v) is 4.04. The maximum Gasteiger partial charge on any atom is 0.307 e. The van der Waals surface area contributed by atoms with Crippen molar-refractivity contribution in [1.82, 2.24) is 4.90 Å². The summed E-state index contributed by atoms with van der Waals surface area (Å²) in [6.07, 6.45) is 5.03. The molecule has 0 bridgehead atoms. The average Bonchev–Trinajstić information content (AvgIpc) is 3.12. The second kappa shape index (κ2) is 9.20. The molecule has 0 saturated carbocycles. The highest BCUT2D eigenvalue weighted by Crippen LogP contribution is 2.33. The summed E-state index contributed by atoms with van der Waals surface area (Å²) < 4.78 is 5.64. The summed E-state index contributed by atoms with van der Waals surface area (Å²) >= 11 is 8.09. The molecule has 0 atom stereocenters. The van der Waals surface area contributed by atoms with E-state index >= 15 is 0 Å². The average molecular weight is 370 g/mol. The summed E-state index contributed by atoms with van der Waals surface area (Å²) in [4.78, 5) is 27.1. The minimum atomic E-state index is -0.280. The van der Waals surface area contributed by atoms with Crippen molar-refractivity contribution in [1.29, 1.82) is 0 Å². The molecule has 0 N–H and O–H groups in total. The molecule has 0 aromatic carbocycles. The molecule has 1 fully saturated rings. The monoisotopic (exact) mass is 369 g/mol. The SMILES string of the molecule is CCCCCOC(=O)CCN1C(=O)/C(=C\c2cccs2)SC1=S. The van der Waals surface area contributed by atoms with Gasteiger partial charge in [-0.05, 0) is 23.9 Å². The van der Waals surface area contributed by atoms with Crippen LogP contribution in [0, 0.1) is 0 Å². The van der Waals surface area contributed by atoms with Gasteiger partial charge in [-0.1, -0.05) is 49.8 Å². The van der Waals surface area contributed by atoms with Gasteiger partial charge in [-0.2, -0.15) is 0 Å². The van der Waals surface area contributed by atoms with E-state index < -0.39 is 0 Å². The summed E-state index contributed by atoms with van der Waals surface area (Å²) in [5.41, 5.74) is 0. The highest BCUT2D eigenvalue weighted by molar-refractivity contribution is 8.26. The number of esters is 1. The second-order valence-electron chi connectivity index (χ2n) is 5.03. The van der Waals surface area contributed by atoms with E-state index in [4.69, 9.17) is 17.0 Å². The second-order valence-corrected chi connectivity index (χ2v) is 7.68. The van der Waals surface area contributed by atoms with E-state index in [9.17, 15) is 9.59 Å². The Morgan fingerprint density at radius 2 is 2.26 bits per heavy atom. The van der Waals surface area contributed by atoms with Crippen molar-refractivity contribution in [2.45, 2.75) is 32.6 Å². The van der Waals surface area contributed by atoms with E-state index in [-0.39, 0.29) is 24.8 Å². The molecule has 1 saturated heterocycles. The molecule has 4 nitrogen and oxygen atoms in total. The molecule has 1 aliphatic heterocycles. The van der Waals surface area contributed by atoms with Gasteiger partial charge in [0.25, 0.3) is 5.91 Å². The first-order chi connectivity index (χ1) is 11.1. The van der Waals surface area contributed by atoms with E-state index in [1.165, 1.54) is 16.7 Å². The number of nitrogens with zero attached hydrogens (tertiary/aromatic N) is 1. The van der Waals surface area contributed by atoms with Crippen molar-refractivity contribution in [3.63, 3.8) is 0 Å². The Kier molecular flexibility index (Phi) is 7.26. The molecule has 2 rings (SSSR count). The Balaban J connectivity index is 1.82. The molecule has 1 amide bonds. The van der Waals surface area contributed by atoms with E-state index in [0.717, 1.165) is 24.1 Å². The zero-order chi connectivity index (χ0) is 16.7. The molecule has 0 aliphatic carbocycles. The largest absolute Gasteiger partial charge is 0.466 e. The first-order valence-electron chi connectivity index (χ1n) is 7.56. The molecule has 0 spiro atoms. The third kappa shape index (κ3) is 5.44. The first kappa shape index (κ1) is 18.2. The Hall–Kier alpha value is -1.18. The number of hydrogen-bond donors (Lipinski definition) is 0. The summed E-state index contributed by atoms with van der Waals surface area (Å²) in [7, 11) is 0. The van der Waals surface area contributed by atoms with Crippen molar-refractivity contribution in [3.8, 4) is 0 Å². The van der Waals surface area contributed by atoms with Gasteiger partial charge in [0, 0.05) is 11.4 Å². The highest BCUT2D eigenvalue weighted by Gasteiger charge is 2.32. The van der Waals surface area contributed by atoms with Crippen molar-refractivity contribution >= 4 is 57.6 Å². The number of hydrogen-bond acceptors (Lipinski definition) is 6. The van der Waals surface area contributed by atoms with Crippen LogP contribution in [0.25, 0.3) is 6.08 Å². The first-order valence-corrected chi connectivity index (χ1v) is 9.66. The lowest BCUT2D eigenvalue weighted by atomic mass is 10.3. The Morgan fingerprint density at radius 3 is 2.96 bits per heavy atom. The third-order valence-electron chi connectivity index (χ3n) is 3.24. The number of rotatable bonds is 8. The van der Waals surface area contributed by atoms with Gasteiger partial charge in [0.05, 0.1) is 17.9 Å². The van der Waals surface area contributed by atoms with Crippen molar-refractivity contribution in [2.24, 2.45) is 0 Å². The fourth-order valence-electron chi connectivity index (χ4n) is 2.01. The summed E-state index contributed by atoms with van der Waals surface area (Å²) in [6.45, 7) is 2.82. The predicted molar refractivity (Wildman–Crippen MR) is 99.3 cm³/mol. The number of ether oxygens (including phenoxy) is 1. The van der Waals surface area contributed by atoms with Crippen LogP contribution < -0.4 is 0 Å². The predicted octanol–water partition coefficient (Wildman–Crippen LogP) is 4.07. The standard InChI is InChI=1S/C16H19NO3S3/c1-2-3-4-9-20-14(18)7-8-17-15(19)13(23-16(17)21)11-12-6-5-10-22-12/h5-6,10-11H,2-4,7-9H2,1H3/b13-11+. The van der Waals surface area contributed by atoms with E-state index in [1.807, 2.05) is 23.6 Å². The van der Waals surface area contributed by atoms with Crippen LogP contribution in [0.15, 0.2) is 22.4 Å². The molecule has 1 aromatic rings. The van der Waals surface area contributed by atoms with E-state index in [2.05, 4.69) is 6.92 Å². The number of carbonyl (C=O) groups excluding carboxylic acids is 2. The lowest BCUT2D eigenvalue weighted by Crippen LogP contribution is -2.30. The zero-order valence-electron chi connectivity index (χ0n) is 12.9. The summed E-state index contributed by atoms with van der Waals surface area (Å²) in [5, 5.41) is 1.96. The van der Waals surface area contributed by atoms with Crippen molar-refractivity contribution in [2.75, 3.05) is 13.2 Å². The maximum atomic E-state index is 12.4. The Labute approximate surface area is 149 Å². The number of unbranched alkanes of at least 4 members (excludes halogenated alkanes) is 2. The number of thiophene rings is 1. The maximum absolute atomic E-state index is 12.4. The molecule has 0 radical (unpaired) electrons. The van der Waals surface area contributed by atoms with Gasteiger partial charge >= 0.3 is 5.97 Å². The van der Waals surface area contributed by atoms with Crippen LogP contribution in [0.4, 0.5) is 0 Å². The molecule has 1 aliphatic rings. The van der Waals surface area contributed by atoms with Gasteiger partial charge in [-0.3, -0.25) is 14.5 Å². The third-order valence-corrected chi connectivity index (χ3v) is 5.44. The zero-order valence-corrected chi connectivity index (χ0v) is 15.4. The molecule has 7 heteroatoms.